The van der Waals surface area contributed by atoms with Crippen molar-refractivity contribution in [3.05, 3.63) is 12.2 Å². The van der Waals surface area contributed by atoms with Gasteiger partial charge in [0, 0.05) is 0 Å². The molecular formula is C12H16N5O13P3. The number of ether oxygens (including phenoxy) is 1. The van der Waals surface area contributed by atoms with Crippen molar-refractivity contribution >= 4 is 40.4 Å². The molecule has 18 nitrogen and oxygen atoms in total. The maximum atomic E-state index is 11.8. The van der Waals surface area contributed by atoms with Gasteiger partial charge in [-0.25, -0.2) is 28.6 Å². The number of terminal acetylenes is 1. The van der Waals surface area contributed by atoms with E-state index in [4.69, 9.17) is 31.6 Å². The Morgan fingerprint density at radius 1 is 1.12 bits per heavy atom. The number of rotatable bonds is 8. The third-order valence-electron chi connectivity index (χ3n) is 4.01. The molecule has 21 heteroatoms. The van der Waals surface area contributed by atoms with Crippen molar-refractivity contribution in [2.75, 3.05) is 12.3 Å². The first-order chi connectivity index (χ1) is 15.1. The van der Waals surface area contributed by atoms with Gasteiger partial charge in [-0.3, -0.25) is 9.09 Å². The van der Waals surface area contributed by atoms with Crippen molar-refractivity contribution < 1.29 is 61.4 Å². The van der Waals surface area contributed by atoms with E-state index in [-0.39, 0.29) is 22.8 Å². The molecule has 0 bridgehead atoms. The molecule has 3 heterocycles. The Labute approximate surface area is 183 Å². The maximum Gasteiger partial charge on any atom is 0.490 e. The van der Waals surface area contributed by atoms with Crippen molar-refractivity contribution in [3.8, 4) is 12.3 Å². The molecule has 2 unspecified atom stereocenters. The van der Waals surface area contributed by atoms with Crippen molar-refractivity contribution in [1.82, 2.24) is 19.5 Å². The van der Waals surface area contributed by atoms with Gasteiger partial charge in [-0.05, 0) is 5.92 Å². The van der Waals surface area contributed by atoms with E-state index in [1.165, 1.54) is 0 Å². The van der Waals surface area contributed by atoms with Crippen LogP contribution in [0.2, 0.25) is 0 Å². The van der Waals surface area contributed by atoms with E-state index in [1.54, 1.807) is 0 Å². The van der Waals surface area contributed by atoms with E-state index in [0.29, 0.717) is 0 Å². The fourth-order valence-corrected chi connectivity index (χ4v) is 5.79. The lowest BCUT2D eigenvalue weighted by Crippen LogP contribution is -2.33. The summed E-state index contributed by atoms with van der Waals surface area (Å²) in [4.78, 5) is 47.5. The van der Waals surface area contributed by atoms with Gasteiger partial charge in [0.1, 0.15) is 23.8 Å². The zero-order valence-electron chi connectivity index (χ0n) is 15.9. The zero-order chi connectivity index (χ0) is 24.8. The van der Waals surface area contributed by atoms with Crippen LogP contribution >= 0.6 is 23.5 Å². The molecule has 0 aliphatic carbocycles. The molecule has 182 valence electrons. The second-order valence-corrected chi connectivity index (χ2v) is 10.8. The fourth-order valence-electron chi connectivity index (χ4n) is 2.76. The highest BCUT2D eigenvalue weighted by Gasteiger charge is 2.47. The Kier molecular flexibility index (Phi) is 7.12. The van der Waals surface area contributed by atoms with Gasteiger partial charge in [-0.2, -0.15) is 8.62 Å². The number of anilines is 1. The standard InChI is InChI=1S/C12H16N5O13P3/c1-2-6-15-10(13)7-11(16-6)17(4-14-7)12-9(19)8(18)5(28-12)3-27-32(23,24)30-33(25,26)29-31(20,21)22/h1,4-5,8-9,12,18-19H,3H2,(H,23,24)(H,25,26)(H2,13,15,16)(H2,20,21,22)/t5-,8-,9-,12-/m1/s1. The Morgan fingerprint density at radius 2 is 1.79 bits per heavy atom. The summed E-state index contributed by atoms with van der Waals surface area (Å²) in [5.74, 6) is 2.01. The number of phosphoric ester groups is 1. The topological polar surface area (TPSA) is 279 Å². The molecule has 0 spiro atoms. The van der Waals surface area contributed by atoms with Crippen LogP contribution in [0.5, 0.6) is 0 Å². The second kappa shape index (κ2) is 9.10. The highest BCUT2D eigenvalue weighted by Crippen LogP contribution is 2.66. The van der Waals surface area contributed by atoms with Gasteiger partial charge < -0.3 is 40.3 Å². The number of nitrogens with zero attached hydrogens (tertiary/aromatic N) is 4. The monoisotopic (exact) mass is 531 g/mol. The number of hydrogen-bond donors (Lipinski definition) is 7. The van der Waals surface area contributed by atoms with Gasteiger partial charge in [0.25, 0.3) is 0 Å². The van der Waals surface area contributed by atoms with E-state index in [2.05, 4.69) is 34.0 Å². The van der Waals surface area contributed by atoms with Crippen LogP contribution in [0.3, 0.4) is 0 Å². The van der Waals surface area contributed by atoms with Gasteiger partial charge >= 0.3 is 23.5 Å². The van der Waals surface area contributed by atoms with E-state index >= 15 is 0 Å². The lowest BCUT2D eigenvalue weighted by atomic mass is 10.1. The number of aliphatic hydroxyl groups excluding tert-OH is 2. The van der Waals surface area contributed by atoms with Crippen molar-refractivity contribution in [3.63, 3.8) is 0 Å². The Morgan fingerprint density at radius 3 is 2.39 bits per heavy atom. The quantitative estimate of drug-likeness (QED) is 0.148. The zero-order valence-corrected chi connectivity index (χ0v) is 18.6. The molecule has 3 rings (SSSR count). The van der Waals surface area contributed by atoms with Crippen LogP contribution in [-0.4, -0.2) is 74.2 Å². The first kappa shape index (κ1) is 25.8. The third-order valence-corrected chi connectivity index (χ3v) is 7.81. The van der Waals surface area contributed by atoms with Gasteiger partial charge in [-0.15, -0.1) is 6.42 Å². The minimum absolute atomic E-state index is 0.0419. The maximum absolute atomic E-state index is 11.8. The van der Waals surface area contributed by atoms with E-state index in [1.807, 2.05) is 0 Å². The first-order valence-electron chi connectivity index (χ1n) is 8.39. The summed E-state index contributed by atoms with van der Waals surface area (Å²) in [5.41, 5.74) is 5.90. The lowest BCUT2D eigenvalue weighted by molar-refractivity contribution is -0.0503. The molecule has 1 aliphatic rings. The average molecular weight is 531 g/mol. The van der Waals surface area contributed by atoms with Crippen molar-refractivity contribution in [2.24, 2.45) is 0 Å². The number of aromatic nitrogens is 4. The summed E-state index contributed by atoms with van der Waals surface area (Å²) in [5, 5.41) is 20.6. The van der Waals surface area contributed by atoms with Gasteiger partial charge in [0.05, 0.1) is 12.9 Å². The molecule has 1 fully saturated rings. The van der Waals surface area contributed by atoms with Crippen LogP contribution in [0.4, 0.5) is 5.82 Å². The lowest BCUT2D eigenvalue weighted by Gasteiger charge is -2.19. The van der Waals surface area contributed by atoms with Crippen LogP contribution < -0.4 is 5.73 Å². The Hall–Kier alpha value is -1.80. The molecule has 1 saturated heterocycles. The smallest absolute Gasteiger partial charge is 0.387 e. The number of hydrogen-bond acceptors (Lipinski definition) is 13. The van der Waals surface area contributed by atoms with Gasteiger partial charge in [0.2, 0.25) is 5.82 Å². The molecule has 2 aromatic heterocycles. The predicted octanol–water partition coefficient (Wildman–Crippen LogP) is -1.65. The fraction of sp³-hybridized carbons (Fsp3) is 0.417. The number of nitrogens with two attached hydrogens (primary N) is 1. The minimum atomic E-state index is -5.72. The molecule has 8 N–H and O–H groups in total. The highest BCUT2D eigenvalue weighted by atomic mass is 31.3. The summed E-state index contributed by atoms with van der Waals surface area (Å²) in [7, 11) is -16.8. The van der Waals surface area contributed by atoms with Crippen LogP contribution in [0.25, 0.3) is 11.2 Å². The van der Waals surface area contributed by atoms with Crippen molar-refractivity contribution in [2.45, 2.75) is 24.5 Å². The number of fused-ring (bicyclic) bond motifs is 1. The molecule has 1 aliphatic heterocycles. The Bertz CT molecular complexity index is 1240. The molecule has 33 heavy (non-hydrogen) atoms. The summed E-state index contributed by atoms with van der Waals surface area (Å²) >= 11 is 0. The van der Waals surface area contributed by atoms with E-state index in [0.717, 1.165) is 10.9 Å². The molecule has 0 saturated carbocycles. The molecular weight excluding hydrogens is 515 g/mol. The van der Waals surface area contributed by atoms with E-state index in [9.17, 15) is 28.8 Å². The van der Waals surface area contributed by atoms with Crippen LogP contribution in [0.1, 0.15) is 12.1 Å². The van der Waals surface area contributed by atoms with Crippen LogP contribution in [0, 0.1) is 12.3 Å². The number of aliphatic hydroxyl groups is 2. The molecule has 0 radical (unpaired) electrons. The molecule has 2 aromatic rings. The number of phosphoric acid groups is 3. The predicted molar refractivity (Wildman–Crippen MR) is 103 cm³/mol. The van der Waals surface area contributed by atoms with E-state index < -0.39 is 54.6 Å². The third kappa shape index (κ3) is 6.01. The summed E-state index contributed by atoms with van der Waals surface area (Å²) in [6.45, 7) is -0.988. The van der Waals surface area contributed by atoms with Crippen LogP contribution in [0.15, 0.2) is 6.33 Å². The second-order valence-electron chi connectivity index (χ2n) is 6.33. The van der Waals surface area contributed by atoms with Gasteiger partial charge in [0.15, 0.2) is 17.7 Å². The van der Waals surface area contributed by atoms with Gasteiger partial charge in [-0.1, -0.05) is 0 Å². The molecule has 6 atom stereocenters. The minimum Gasteiger partial charge on any atom is -0.387 e. The summed E-state index contributed by atoms with van der Waals surface area (Å²) < 4.78 is 52.0. The normalized spacial score (nSPS) is 27.2. The van der Waals surface area contributed by atoms with Crippen molar-refractivity contribution in [1.29, 1.82) is 0 Å². The highest BCUT2D eigenvalue weighted by molar-refractivity contribution is 7.66. The Balaban J connectivity index is 1.74. The molecule has 0 amide bonds. The number of nitrogen functional groups attached to an aromatic ring is 1. The SMILES string of the molecule is C#Cc1nc(N)c2ncn([C@@H]3O[C@H](COP(=O)(O)OP(=O)(O)OP(=O)(O)O)[C@@H](O)[C@H]3O)c2n1. The van der Waals surface area contributed by atoms with Crippen LogP contribution in [-0.2, 0) is 31.6 Å². The largest absolute Gasteiger partial charge is 0.490 e. The summed E-state index contributed by atoms with van der Waals surface area (Å²) in [6.07, 6.45) is 0.186. The first-order valence-corrected chi connectivity index (χ1v) is 12.9. The number of imidazole rings is 1. The molecule has 0 aromatic carbocycles. The summed E-state index contributed by atoms with van der Waals surface area (Å²) in [6, 6.07) is 0. The average Bonchev–Trinajstić information content (AvgIpc) is 3.19.